The quantitative estimate of drug-likeness (QED) is 0.848. The molecule has 0 spiro atoms. The molecule has 104 valence electrons. The van der Waals surface area contributed by atoms with Gasteiger partial charge in [-0.1, -0.05) is 0 Å². The maximum absolute atomic E-state index is 5.65. The van der Waals surface area contributed by atoms with Crippen molar-refractivity contribution in [2.75, 3.05) is 20.0 Å². The fraction of sp³-hybridized carbons (Fsp3) is 0.533. The minimum atomic E-state index is -0.0521. The van der Waals surface area contributed by atoms with Crippen molar-refractivity contribution < 1.29 is 9.47 Å². The van der Waals surface area contributed by atoms with Crippen LogP contribution in [-0.4, -0.2) is 30.6 Å². The van der Waals surface area contributed by atoms with Crippen LogP contribution in [0.3, 0.4) is 0 Å². The summed E-state index contributed by atoms with van der Waals surface area (Å²) in [4.78, 5) is 4.81. The SMILES string of the molecule is CCOc1cc2c(cc1OC)CC(C)(C)N=C2SC. The van der Waals surface area contributed by atoms with Crippen LogP contribution in [0.15, 0.2) is 17.1 Å². The Balaban J connectivity index is 2.54. The standard InChI is InChI=1S/C15H21NO2S/c1-6-18-13-8-11-10(7-12(13)17-4)9-15(2,3)16-14(11)19-5/h7-8H,6,9H2,1-5H3. The van der Waals surface area contributed by atoms with E-state index in [1.54, 1.807) is 18.9 Å². The Morgan fingerprint density at radius 2 is 2.05 bits per heavy atom. The van der Waals surface area contributed by atoms with E-state index in [2.05, 4.69) is 32.2 Å². The van der Waals surface area contributed by atoms with Crippen LogP contribution in [0.25, 0.3) is 0 Å². The van der Waals surface area contributed by atoms with E-state index in [0.29, 0.717) is 6.61 Å². The summed E-state index contributed by atoms with van der Waals surface area (Å²) in [5.74, 6) is 1.60. The zero-order chi connectivity index (χ0) is 14.0. The molecule has 1 heterocycles. The Morgan fingerprint density at radius 3 is 2.63 bits per heavy atom. The van der Waals surface area contributed by atoms with Gasteiger partial charge in [-0.15, -0.1) is 11.8 Å². The predicted octanol–water partition coefficient (Wildman–Crippen LogP) is 3.54. The summed E-state index contributed by atoms with van der Waals surface area (Å²) in [7, 11) is 1.68. The summed E-state index contributed by atoms with van der Waals surface area (Å²) in [5.41, 5.74) is 2.41. The minimum absolute atomic E-state index is 0.0521. The smallest absolute Gasteiger partial charge is 0.161 e. The van der Waals surface area contributed by atoms with Gasteiger partial charge >= 0.3 is 0 Å². The number of benzene rings is 1. The maximum Gasteiger partial charge on any atom is 0.161 e. The van der Waals surface area contributed by atoms with Gasteiger partial charge in [0.2, 0.25) is 0 Å². The van der Waals surface area contributed by atoms with E-state index < -0.39 is 0 Å². The number of rotatable bonds is 3. The molecule has 2 rings (SSSR count). The molecule has 1 aromatic rings. The van der Waals surface area contributed by atoms with Crippen LogP contribution in [0.1, 0.15) is 31.9 Å². The molecule has 0 fully saturated rings. The highest BCUT2D eigenvalue weighted by molar-refractivity contribution is 8.13. The molecule has 1 aliphatic rings. The van der Waals surface area contributed by atoms with Crippen molar-refractivity contribution in [3.8, 4) is 11.5 Å². The average Bonchev–Trinajstić information content (AvgIpc) is 2.37. The molecule has 0 aromatic heterocycles. The number of fused-ring (bicyclic) bond motifs is 1. The Labute approximate surface area is 119 Å². The fourth-order valence-electron chi connectivity index (χ4n) is 2.37. The summed E-state index contributed by atoms with van der Waals surface area (Å²) >= 11 is 1.68. The molecule has 0 atom stereocenters. The summed E-state index contributed by atoms with van der Waals surface area (Å²) in [6.07, 6.45) is 2.99. The van der Waals surface area contributed by atoms with Crippen LogP contribution < -0.4 is 9.47 Å². The van der Waals surface area contributed by atoms with Crippen LogP contribution in [0.2, 0.25) is 0 Å². The van der Waals surface area contributed by atoms with Gasteiger partial charge < -0.3 is 9.47 Å². The second-order valence-corrected chi connectivity index (χ2v) is 6.00. The fourth-order valence-corrected chi connectivity index (χ4v) is 3.12. The van der Waals surface area contributed by atoms with Gasteiger partial charge in [-0.2, -0.15) is 0 Å². The molecule has 0 amide bonds. The van der Waals surface area contributed by atoms with Gasteiger partial charge in [-0.3, -0.25) is 4.99 Å². The predicted molar refractivity (Wildman–Crippen MR) is 82.0 cm³/mol. The topological polar surface area (TPSA) is 30.8 Å². The molecule has 0 bridgehead atoms. The lowest BCUT2D eigenvalue weighted by Crippen LogP contribution is -2.28. The second-order valence-electron chi connectivity index (χ2n) is 5.20. The van der Waals surface area contributed by atoms with E-state index in [0.717, 1.165) is 23.0 Å². The second kappa shape index (κ2) is 5.45. The van der Waals surface area contributed by atoms with Gasteiger partial charge in [0.15, 0.2) is 11.5 Å². The molecule has 19 heavy (non-hydrogen) atoms. The van der Waals surface area contributed by atoms with E-state index in [-0.39, 0.29) is 5.54 Å². The molecule has 4 heteroatoms. The highest BCUT2D eigenvalue weighted by atomic mass is 32.2. The number of nitrogens with zero attached hydrogens (tertiary/aromatic N) is 1. The summed E-state index contributed by atoms with van der Waals surface area (Å²) < 4.78 is 11.1. The van der Waals surface area contributed by atoms with Crippen molar-refractivity contribution >= 4 is 16.8 Å². The van der Waals surface area contributed by atoms with Gasteiger partial charge in [0.1, 0.15) is 0 Å². The van der Waals surface area contributed by atoms with Gasteiger partial charge in [-0.05, 0) is 51.1 Å². The lowest BCUT2D eigenvalue weighted by molar-refractivity contribution is 0.310. The van der Waals surface area contributed by atoms with E-state index in [1.807, 2.05) is 6.92 Å². The number of thioether (sulfide) groups is 1. The Morgan fingerprint density at radius 1 is 1.32 bits per heavy atom. The number of hydrogen-bond donors (Lipinski definition) is 0. The molecule has 0 saturated heterocycles. The molecular formula is C15H21NO2S. The first kappa shape index (κ1) is 14.3. The molecule has 3 nitrogen and oxygen atoms in total. The molecule has 0 aliphatic carbocycles. The molecule has 0 radical (unpaired) electrons. The third-order valence-corrected chi connectivity index (χ3v) is 3.84. The van der Waals surface area contributed by atoms with Crippen molar-refractivity contribution in [2.24, 2.45) is 4.99 Å². The number of hydrogen-bond acceptors (Lipinski definition) is 4. The summed E-state index contributed by atoms with van der Waals surface area (Å²) in [6.45, 7) is 6.93. The Hall–Kier alpha value is -1.16. The first-order valence-corrected chi connectivity index (χ1v) is 7.71. The van der Waals surface area contributed by atoms with Crippen molar-refractivity contribution in [1.29, 1.82) is 0 Å². The first-order valence-electron chi connectivity index (χ1n) is 6.48. The highest BCUT2D eigenvalue weighted by Gasteiger charge is 2.28. The summed E-state index contributed by atoms with van der Waals surface area (Å²) in [6, 6.07) is 4.15. The van der Waals surface area contributed by atoms with Crippen LogP contribution in [0, 0.1) is 0 Å². The zero-order valence-electron chi connectivity index (χ0n) is 12.2. The van der Waals surface area contributed by atoms with E-state index in [4.69, 9.17) is 14.5 Å². The normalized spacial score (nSPS) is 16.6. The molecule has 0 N–H and O–H groups in total. The number of aliphatic imine (C=N–C) groups is 1. The van der Waals surface area contributed by atoms with Gasteiger partial charge in [0, 0.05) is 5.56 Å². The van der Waals surface area contributed by atoms with Gasteiger partial charge in [0.05, 0.1) is 24.3 Å². The molecule has 0 unspecified atom stereocenters. The molecule has 0 saturated carbocycles. The Kier molecular flexibility index (Phi) is 4.09. The van der Waals surface area contributed by atoms with Crippen molar-refractivity contribution in [3.05, 3.63) is 23.3 Å². The third-order valence-electron chi connectivity index (χ3n) is 3.14. The minimum Gasteiger partial charge on any atom is -0.493 e. The molecular weight excluding hydrogens is 258 g/mol. The van der Waals surface area contributed by atoms with E-state index >= 15 is 0 Å². The number of ether oxygens (including phenoxy) is 2. The molecule has 1 aliphatic heterocycles. The van der Waals surface area contributed by atoms with Crippen LogP contribution in [0.4, 0.5) is 0 Å². The van der Waals surface area contributed by atoms with Gasteiger partial charge in [-0.25, -0.2) is 0 Å². The average molecular weight is 279 g/mol. The molecule has 1 aromatic carbocycles. The van der Waals surface area contributed by atoms with Crippen LogP contribution in [-0.2, 0) is 6.42 Å². The Bertz CT molecular complexity index is 509. The first-order chi connectivity index (χ1) is 9.00. The van der Waals surface area contributed by atoms with Gasteiger partial charge in [0.25, 0.3) is 0 Å². The summed E-state index contributed by atoms with van der Waals surface area (Å²) in [5, 5.41) is 1.08. The van der Waals surface area contributed by atoms with Crippen molar-refractivity contribution in [2.45, 2.75) is 32.7 Å². The highest BCUT2D eigenvalue weighted by Crippen LogP contribution is 2.37. The zero-order valence-corrected chi connectivity index (χ0v) is 13.1. The lowest BCUT2D eigenvalue weighted by atomic mass is 9.89. The number of methoxy groups -OCH3 is 1. The van der Waals surface area contributed by atoms with Crippen LogP contribution >= 0.6 is 11.8 Å². The van der Waals surface area contributed by atoms with Crippen molar-refractivity contribution in [1.82, 2.24) is 0 Å². The lowest BCUT2D eigenvalue weighted by Gasteiger charge is -2.29. The van der Waals surface area contributed by atoms with Crippen molar-refractivity contribution in [3.63, 3.8) is 0 Å². The van der Waals surface area contributed by atoms with E-state index in [9.17, 15) is 0 Å². The largest absolute Gasteiger partial charge is 0.493 e. The maximum atomic E-state index is 5.65. The third kappa shape index (κ3) is 2.89. The van der Waals surface area contributed by atoms with Crippen LogP contribution in [0.5, 0.6) is 11.5 Å². The van der Waals surface area contributed by atoms with E-state index in [1.165, 1.54) is 11.1 Å². The monoisotopic (exact) mass is 279 g/mol.